The Bertz CT molecular complexity index is 463. The lowest BCUT2D eigenvalue weighted by Gasteiger charge is -2.15. The predicted molar refractivity (Wildman–Crippen MR) is 77.7 cm³/mol. The fourth-order valence-corrected chi connectivity index (χ4v) is 1.85. The number of hydrogen-bond donors (Lipinski definition) is 1. The number of ether oxygens (including phenoxy) is 2. The quantitative estimate of drug-likeness (QED) is 0.741. The number of hydrogen-bond acceptors (Lipinski definition) is 4. The predicted octanol–water partition coefficient (Wildman–Crippen LogP) is 3.29. The smallest absolute Gasteiger partial charge is 0.125 e. The number of methoxy groups -OCH3 is 1. The van der Waals surface area contributed by atoms with Gasteiger partial charge in [0.25, 0.3) is 0 Å². The van der Waals surface area contributed by atoms with E-state index in [1.165, 1.54) is 0 Å². The first kappa shape index (κ1) is 16.3. The maximum atomic E-state index is 9.31. The Balaban J connectivity index is 2.41. The molecule has 1 aromatic rings. The number of benzene rings is 1. The molecule has 110 valence electrons. The summed E-state index contributed by atoms with van der Waals surface area (Å²) in [6, 6.07) is 7.69. The number of nitrogens with zero attached hydrogens (tertiary/aromatic N) is 1. The summed E-state index contributed by atoms with van der Waals surface area (Å²) >= 11 is 0. The van der Waals surface area contributed by atoms with Crippen LogP contribution >= 0.6 is 0 Å². The fraction of sp³-hybridized carbons (Fsp3) is 0.562. The van der Waals surface area contributed by atoms with Gasteiger partial charge in [-0.15, -0.1) is 0 Å². The Hall–Kier alpha value is -1.73. The second-order valence-corrected chi connectivity index (χ2v) is 5.43. The van der Waals surface area contributed by atoms with E-state index in [0.29, 0.717) is 18.1 Å². The van der Waals surface area contributed by atoms with Gasteiger partial charge in [-0.3, -0.25) is 0 Å². The van der Waals surface area contributed by atoms with Crippen molar-refractivity contribution in [3.63, 3.8) is 0 Å². The largest absolute Gasteiger partial charge is 0.497 e. The van der Waals surface area contributed by atoms with Crippen molar-refractivity contribution in [1.29, 1.82) is 5.26 Å². The first-order valence-electron chi connectivity index (χ1n) is 6.84. The second kappa shape index (κ2) is 7.76. The number of unbranched alkanes of at least 4 members (excludes halogenated alkanes) is 1. The Morgan fingerprint density at radius 3 is 2.65 bits per heavy atom. The highest BCUT2D eigenvalue weighted by atomic mass is 16.5. The molecule has 0 amide bonds. The molecule has 0 radical (unpaired) electrons. The SMILES string of the molecule is COc1ccc(OCCCCC(C)(C)C#N)c(CO)c1. The lowest BCUT2D eigenvalue weighted by molar-refractivity contribution is 0.256. The standard InChI is InChI=1S/C16H23NO3/c1-16(2,12-17)8-4-5-9-20-15-7-6-14(19-3)10-13(15)11-18/h6-7,10,18H,4-5,8-9,11H2,1-3H3. The molecule has 0 aliphatic heterocycles. The van der Waals surface area contributed by atoms with Crippen molar-refractivity contribution in [3.05, 3.63) is 23.8 Å². The molecule has 0 heterocycles. The van der Waals surface area contributed by atoms with Crippen LogP contribution in [0.3, 0.4) is 0 Å². The summed E-state index contributed by atoms with van der Waals surface area (Å²) < 4.78 is 10.8. The van der Waals surface area contributed by atoms with Crippen LogP contribution in [0.1, 0.15) is 38.7 Å². The normalized spacial score (nSPS) is 10.9. The van der Waals surface area contributed by atoms with Crippen molar-refractivity contribution in [2.24, 2.45) is 5.41 Å². The average Bonchev–Trinajstić information content (AvgIpc) is 2.46. The molecule has 0 aromatic heterocycles. The summed E-state index contributed by atoms with van der Waals surface area (Å²) in [5, 5.41) is 18.2. The molecule has 0 atom stereocenters. The van der Waals surface area contributed by atoms with Gasteiger partial charge in [-0.1, -0.05) is 0 Å². The Morgan fingerprint density at radius 2 is 2.05 bits per heavy atom. The van der Waals surface area contributed by atoms with Crippen LogP contribution in [-0.4, -0.2) is 18.8 Å². The first-order valence-corrected chi connectivity index (χ1v) is 6.84. The molecule has 4 nitrogen and oxygen atoms in total. The van der Waals surface area contributed by atoms with Gasteiger partial charge >= 0.3 is 0 Å². The molecular formula is C16H23NO3. The van der Waals surface area contributed by atoms with Gasteiger partial charge in [0, 0.05) is 5.56 Å². The van der Waals surface area contributed by atoms with Crippen molar-refractivity contribution < 1.29 is 14.6 Å². The van der Waals surface area contributed by atoms with Crippen LogP contribution in [0.15, 0.2) is 18.2 Å². The van der Waals surface area contributed by atoms with E-state index in [1.54, 1.807) is 13.2 Å². The molecule has 0 aliphatic carbocycles. The zero-order valence-corrected chi connectivity index (χ0v) is 12.5. The lowest BCUT2D eigenvalue weighted by Crippen LogP contribution is -2.08. The molecule has 1 rings (SSSR count). The van der Waals surface area contributed by atoms with Gasteiger partial charge in [0.05, 0.1) is 31.8 Å². The number of rotatable bonds is 8. The van der Waals surface area contributed by atoms with E-state index in [4.69, 9.17) is 14.7 Å². The average molecular weight is 277 g/mol. The van der Waals surface area contributed by atoms with Crippen LogP contribution in [0.4, 0.5) is 0 Å². The van der Waals surface area contributed by atoms with Crippen molar-refractivity contribution >= 4 is 0 Å². The van der Waals surface area contributed by atoms with Crippen LogP contribution in [0.2, 0.25) is 0 Å². The molecule has 0 bridgehead atoms. The van der Waals surface area contributed by atoms with E-state index in [0.717, 1.165) is 24.8 Å². The monoisotopic (exact) mass is 277 g/mol. The van der Waals surface area contributed by atoms with Crippen molar-refractivity contribution in [2.45, 2.75) is 39.7 Å². The topological polar surface area (TPSA) is 62.5 Å². The molecule has 0 aliphatic rings. The van der Waals surface area contributed by atoms with E-state index in [2.05, 4.69) is 6.07 Å². The van der Waals surface area contributed by atoms with E-state index in [-0.39, 0.29) is 12.0 Å². The molecule has 0 fully saturated rings. The Kier molecular flexibility index (Phi) is 6.33. The third-order valence-electron chi connectivity index (χ3n) is 3.19. The Labute approximate surface area is 120 Å². The van der Waals surface area contributed by atoms with Crippen molar-refractivity contribution in [2.75, 3.05) is 13.7 Å². The van der Waals surface area contributed by atoms with Gasteiger partial charge < -0.3 is 14.6 Å². The number of nitriles is 1. The minimum Gasteiger partial charge on any atom is -0.497 e. The molecule has 0 spiro atoms. The molecular weight excluding hydrogens is 254 g/mol. The van der Waals surface area contributed by atoms with Crippen LogP contribution < -0.4 is 9.47 Å². The minimum atomic E-state index is -0.267. The summed E-state index contributed by atoms with van der Waals surface area (Å²) in [6.45, 7) is 4.40. The molecule has 0 unspecified atom stereocenters. The van der Waals surface area contributed by atoms with Crippen molar-refractivity contribution in [1.82, 2.24) is 0 Å². The molecule has 4 heteroatoms. The van der Waals surface area contributed by atoms with Gasteiger partial charge in [0.1, 0.15) is 11.5 Å². The van der Waals surface area contributed by atoms with Crippen LogP contribution in [0, 0.1) is 16.7 Å². The third-order valence-corrected chi connectivity index (χ3v) is 3.19. The molecule has 0 saturated heterocycles. The van der Waals surface area contributed by atoms with Gasteiger partial charge in [0.15, 0.2) is 0 Å². The van der Waals surface area contributed by atoms with Crippen molar-refractivity contribution in [3.8, 4) is 17.6 Å². The summed E-state index contributed by atoms with van der Waals surface area (Å²) in [5.74, 6) is 1.39. The highest BCUT2D eigenvalue weighted by Gasteiger charge is 2.15. The molecule has 1 aromatic carbocycles. The van der Waals surface area contributed by atoms with E-state index in [9.17, 15) is 5.11 Å². The van der Waals surface area contributed by atoms with Gasteiger partial charge in [0.2, 0.25) is 0 Å². The molecule has 0 saturated carbocycles. The number of aliphatic hydroxyl groups is 1. The van der Waals surface area contributed by atoms with Gasteiger partial charge in [-0.2, -0.15) is 5.26 Å². The first-order chi connectivity index (χ1) is 9.52. The van der Waals surface area contributed by atoms with Gasteiger partial charge in [-0.25, -0.2) is 0 Å². The second-order valence-electron chi connectivity index (χ2n) is 5.43. The van der Waals surface area contributed by atoms with Crippen LogP contribution in [-0.2, 0) is 6.61 Å². The summed E-state index contributed by atoms with van der Waals surface area (Å²) in [6.07, 6.45) is 2.70. The maximum Gasteiger partial charge on any atom is 0.125 e. The highest BCUT2D eigenvalue weighted by molar-refractivity contribution is 5.39. The fourth-order valence-electron chi connectivity index (χ4n) is 1.85. The van der Waals surface area contributed by atoms with E-state index < -0.39 is 0 Å². The van der Waals surface area contributed by atoms with E-state index in [1.807, 2.05) is 26.0 Å². The minimum absolute atomic E-state index is 0.0754. The van der Waals surface area contributed by atoms with E-state index >= 15 is 0 Å². The van der Waals surface area contributed by atoms with Crippen LogP contribution in [0.5, 0.6) is 11.5 Å². The molecule has 1 N–H and O–H groups in total. The molecule has 20 heavy (non-hydrogen) atoms. The zero-order chi connectivity index (χ0) is 15.0. The Morgan fingerprint density at radius 1 is 1.30 bits per heavy atom. The highest BCUT2D eigenvalue weighted by Crippen LogP contribution is 2.25. The zero-order valence-electron chi connectivity index (χ0n) is 12.5. The maximum absolute atomic E-state index is 9.31. The van der Waals surface area contributed by atoms with Crippen LogP contribution in [0.25, 0.3) is 0 Å². The lowest BCUT2D eigenvalue weighted by atomic mass is 9.89. The summed E-state index contributed by atoms with van der Waals surface area (Å²) in [4.78, 5) is 0. The number of aliphatic hydroxyl groups excluding tert-OH is 1. The summed E-state index contributed by atoms with van der Waals surface area (Å²) in [5.41, 5.74) is 0.456. The van der Waals surface area contributed by atoms with Gasteiger partial charge in [-0.05, 0) is 51.3 Å². The third kappa shape index (κ3) is 5.10. The summed E-state index contributed by atoms with van der Waals surface area (Å²) in [7, 11) is 1.59.